The molecule has 1 unspecified atom stereocenters. The summed E-state index contributed by atoms with van der Waals surface area (Å²) in [4.78, 5) is 0. The van der Waals surface area contributed by atoms with Gasteiger partial charge in [0.15, 0.2) is 0 Å². The van der Waals surface area contributed by atoms with Crippen LogP contribution < -0.4 is 0 Å². The lowest BCUT2D eigenvalue weighted by Gasteiger charge is -2.18. The van der Waals surface area contributed by atoms with Gasteiger partial charge in [-0.1, -0.05) is 85.5 Å². The molecule has 0 saturated heterocycles. The molecule has 16 heavy (non-hydrogen) atoms. The maximum Gasteiger partial charge on any atom is -0.0417 e. The van der Waals surface area contributed by atoms with E-state index in [1.807, 2.05) is 0 Å². The first-order valence-electron chi connectivity index (χ1n) is 7.74. The molecule has 0 spiro atoms. The van der Waals surface area contributed by atoms with Gasteiger partial charge in [-0.25, -0.2) is 0 Å². The van der Waals surface area contributed by atoms with Crippen LogP contribution in [0.5, 0.6) is 0 Å². The summed E-state index contributed by atoms with van der Waals surface area (Å²) in [7, 11) is 0. The zero-order chi connectivity index (χ0) is 12.2. The number of unbranched alkanes of at least 4 members (excludes halogenated alkanes) is 5. The molecule has 0 aromatic carbocycles. The van der Waals surface area contributed by atoms with Gasteiger partial charge in [0, 0.05) is 0 Å². The largest absolute Gasteiger partial charge is 0.0654 e. The lowest BCUT2D eigenvalue weighted by atomic mass is 9.88. The van der Waals surface area contributed by atoms with E-state index in [1.165, 1.54) is 64.2 Å². The van der Waals surface area contributed by atoms with E-state index in [9.17, 15) is 0 Å². The van der Waals surface area contributed by atoms with Crippen LogP contribution in [0.1, 0.15) is 91.9 Å². The van der Waals surface area contributed by atoms with Crippen LogP contribution in [0.15, 0.2) is 0 Å². The molecule has 0 bridgehead atoms. The van der Waals surface area contributed by atoms with Gasteiger partial charge in [-0.3, -0.25) is 0 Å². The molecular weight excluding hydrogens is 192 g/mol. The molecule has 0 aliphatic rings. The average Bonchev–Trinajstić information content (AvgIpc) is 2.30. The Morgan fingerprint density at radius 2 is 1.31 bits per heavy atom. The number of rotatable bonds is 11. The highest BCUT2D eigenvalue weighted by molar-refractivity contribution is 4.61. The third kappa shape index (κ3) is 9.24. The van der Waals surface area contributed by atoms with Gasteiger partial charge in [0.2, 0.25) is 0 Å². The Kier molecular flexibility index (Phi) is 11.5. The predicted octanol–water partition coefficient (Wildman–Crippen LogP) is 6.20. The van der Waals surface area contributed by atoms with Crippen molar-refractivity contribution < 1.29 is 0 Å². The van der Waals surface area contributed by atoms with Crippen LogP contribution in [-0.4, -0.2) is 0 Å². The predicted molar refractivity (Wildman–Crippen MR) is 75.8 cm³/mol. The SMILES string of the molecule is CCCCCCCCC(C)CC(CC)CC. The molecule has 0 aromatic heterocycles. The summed E-state index contributed by atoms with van der Waals surface area (Å²) in [5, 5.41) is 0. The Morgan fingerprint density at radius 1 is 0.750 bits per heavy atom. The van der Waals surface area contributed by atoms with Crippen LogP contribution in [0.25, 0.3) is 0 Å². The summed E-state index contributed by atoms with van der Waals surface area (Å²) in [6.45, 7) is 9.42. The van der Waals surface area contributed by atoms with Crippen molar-refractivity contribution in [3.05, 3.63) is 0 Å². The molecule has 0 fully saturated rings. The summed E-state index contributed by atoms with van der Waals surface area (Å²) in [6, 6.07) is 0. The minimum absolute atomic E-state index is 0.955. The second kappa shape index (κ2) is 11.5. The number of hydrogen-bond acceptors (Lipinski definition) is 0. The van der Waals surface area contributed by atoms with Crippen LogP contribution in [0, 0.1) is 11.8 Å². The molecular formula is C16H34. The summed E-state index contributed by atoms with van der Waals surface area (Å²) in [5.41, 5.74) is 0. The van der Waals surface area contributed by atoms with Crippen LogP contribution in [0.2, 0.25) is 0 Å². The molecule has 0 N–H and O–H groups in total. The molecule has 0 aliphatic heterocycles. The number of hydrogen-bond donors (Lipinski definition) is 0. The zero-order valence-electron chi connectivity index (χ0n) is 12.2. The molecule has 0 nitrogen and oxygen atoms in total. The Bertz CT molecular complexity index is 124. The van der Waals surface area contributed by atoms with E-state index in [0.29, 0.717) is 0 Å². The second-order valence-corrected chi connectivity index (χ2v) is 5.58. The summed E-state index contributed by atoms with van der Waals surface area (Å²) in [6.07, 6.45) is 14.3. The quantitative estimate of drug-likeness (QED) is 0.368. The van der Waals surface area contributed by atoms with Gasteiger partial charge in [0.1, 0.15) is 0 Å². The monoisotopic (exact) mass is 226 g/mol. The Hall–Kier alpha value is 0. The topological polar surface area (TPSA) is 0 Å². The van der Waals surface area contributed by atoms with Crippen molar-refractivity contribution in [1.29, 1.82) is 0 Å². The van der Waals surface area contributed by atoms with Gasteiger partial charge in [-0.05, 0) is 18.3 Å². The third-order valence-electron chi connectivity index (χ3n) is 3.94. The van der Waals surface area contributed by atoms with Crippen molar-refractivity contribution in [3.8, 4) is 0 Å². The standard InChI is InChI=1S/C16H34/c1-5-8-9-10-11-12-13-15(4)14-16(6-2)7-3/h15-16H,5-14H2,1-4H3. The van der Waals surface area contributed by atoms with E-state index >= 15 is 0 Å². The van der Waals surface area contributed by atoms with E-state index in [0.717, 1.165) is 11.8 Å². The lowest BCUT2D eigenvalue weighted by Crippen LogP contribution is -2.04. The highest BCUT2D eigenvalue weighted by Gasteiger charge is 2.09. The fourth-order valence-electron chi connectivity index (χ4n) is 2.58. The van der Waals surface area contributed by atoms with E-state index in [4.69, 9.17) is 0 Å². The van der Waals surface area contributed by atoms with Crippen LogP contribution in [0.4, 0.5) is 0 Å². The summed E-state index contributed by atoms with van der Waals surface area (Å²) in [5.74, 6) is 1.94. The smallest absolute Gasteiger partial charge is 0.0417 e. The van der Waals surface area contributed by atoms with Crippen LogP contribution in [-0.2, 0) is 0 Å². The van der Waals surface area contributed by atoms with Crippen molar-refractivity contribution in [2.24, 2.45) is 11.8 Å². The van der Waals surface area contributed by atoms with Gasteiger partial charge in [-0.15, -0.1) is 0 Å². The van der Waals surface area contributed by atoms with Crippen molar-refractivity contribution >= 4 is 0 Å². The molecule has 0 aromatic rings. The molecule has 0 saturated carbocycles. The van der Waals surface area contributed by atoms with Crippen LogP contribution in [0.3, 0.4) is 0 Å². The first-order valence-corrected chi connectivity index (χ1v) is 7.74. The first-order chi connectivity index (χ1) is 7.74. The minimum atomic E-state index is 0.955. The molecule has 0 aliphatic carbocycles. The second-order valence-electron chi connectivity index (χ2n) is 5.58. The van der Waals surface area contributed by atoms with Gasteiger partial charge in [-0.2, -0.15) is 0 Å². The lowest BCUT2D eigenvalue weighted by molar-refractivity contribution is 0.347. The first kappa shape index (κ1) is 16.0. The third-order valence-corrected chi connectivity index (χ3v) is 3.94. The van der Waals surface area contributed by atoms with Crippen molar-refractivity contribution in [2.75, 3.05) is 0 Å². The molecule has 0 heterocycles. The molecule has 98 valence electrons. The van der Waals surface area contributed by atoms with E-state index in [-0.39, 0.29) is 0 Å². The minimum Gasteiger partial charge on any atom is -0.0654 e. The van der Waals surface area contributed by atoms with E-state index < -0.39 is 0 Å². The fraction of sp³-hybridized carbons (Fsp3) is 1.00. The van der Waals surface area contributed by atoms with Crippen LogP contribution >= 0.6 is 0 Å². The molecule has 1 atom stereocenters. The zero-order valence-corrected chi connectivity index (χ0v) is 12.2. The highest BCUT2D eigenvalue weighted by Crippen LogP contribution is 2.22. The van der Waals surface area contributed by atoms with Gasteiger partial charge >= 0.3 is 0 Å². The highest BCUT2D eigenvalue weighted by atomic mass is 14.1. The van der Waals surface area contributed by atoms with E-state index in [2.05, 4.69) is 27.7 Å². The van der Waals surface area contributed by atoms with Crippen molar-refractivity contribution in [1.82, 2.24) is 0 Å². The maximum absolute atomic E-state index is 2.45. The summed E-state index contributed by atoms with van der Waals surface area (Å²) >= 11 is 0. The summed E-state index contributed by atoms with van der Waals surface area (Å²) < 4.78 is 0. The van der Waals surface area contributed by atoms with Gasteiger partial charge in [0.25, 0.3) is 0 Å². The fourth-order valence-corrected chi connectivity index (χ4v) is 2.58. The van der Waals surface area contributed by atoms with Gasteiger partial charge in [0.05, 0.1) is 0 Å². The Morgan fingerprint density at radius 3 is 1.88 bits per heavy atom. The van der Waals surface area contributed by atoms with E-state index in [1.54, 1.807) is 0 Å². The van der Waals surface area contributed by atoms with Gasteiger partial charge < -0.3 is 0 Å². The molecule has 0 rings (SSSR count). The molecule has 0 amide bonds. The Labute approximate surface area is 104 Å². The Balaban J connectivity index is 3.32. The molecule has 0 radical (unpaired) electrons. The van der Waals surface area contributed by atoms with Crippen molar-refractivity contribution in [2.45, 2.75) is 91.9 Å². The van der Waals surface area contributed by atoms with Crippen molar-refractivity contribution in [3.63, 3.8) is 0 Å². The maximum atomic E-state index is 2.45. The molecule has 0 heteroatoms. The average molecular weight is 226 g/mol. The normalized spacial score (nSPS) is 13.3.